The number of nitrogens with two attached hydrogens (primary N) is 1. The summed E-state index contributed by atoms with van der Waals surface area (Å²) < 4.78 is 0. The minimum atomic E-state index is -0.0376. The standard InChI is InChI=1S/C12H12N4/c1-8-5-6-9(11(16-8)12(13)14)10-4-2-3-7-15-10/h2-7H,1H3,(H3,13,14). The number of pyridine rings is 2. The topological polar surface area (TPSA) is 75.7 Å². The maximum Gasteiger partial charge on any atom is 0.142 e. The molecule has 0 aliphatic carbocycles. The Balaban J connectivity index is 2.61. The number of hydrogen-bond donors (Lipinski definition) is 2. The number of hydrogen-bond acceptors (Lipinski definition) is 3. The largest absolute Gasteiger partial charge is 0.382 e. The third-order valence-electron chi connectivity index (χ3n) is 2.23. The fraction of sp³-hybridized carbons (Fsp3) is 0.0833. The number of nitrogens with one attached hydrogen (secondary N) is 1. The van der Waals surface area contributed by atoms with E-state index in [9.17, 15) is 0 Å². The molecule has 80 valence electrons. The van der Waals surface area contributed by atoms with Crippen LogP contribution in [0.3, 0.4) is 0 Å². The monoisotopic (exact) mass is 212 g/mol. The van der Waals surface area contributed by atoms with Gasteiger partial charge in [0, 0.05) is 17.5 Å². The first-order valence-electron chi connectivity index (χ1n) is 4.92. The summed E-state index contributed by atoms with van der Waals surface area (Å²) in [5, 5.41) is 7.51. The normalized spacial score (nSPS) is 10.1. The lowest BCUT2D eigenvalue weighted by molar-refractivity contribution is 1.16. The molecule has 2 aromatic rings. The summed E-state index contributed by atoms with van der Waals surface area (Å²) >= 11 is 0. The maximum atomic E-state index is 7.51. The highest BCUT2D eigenvalue weighted by molar-refractivity contribution is 5.99. The van der Waals surface area contributed by atoms with Crippen molar-refractivity contribution >= 4 is 5.84 Å². The molecule has 0 fully saturated rings. The lowest BCUT2D eigenvalue weighted by atomic mass is 10.1. The van der Waals surface area contributed by atoms with Crippen LogP contribution in [0.4, 0.5) is 0 Å². The average Bonchev–Trinajstić information content (AvgIpc) is 2.30. The van der Waals surface area contributed by atoms with Crippen LogP contribution in [-0.2, 0) is 0 Å². The van der Waals surface area contributed by atoms with Gasteiger partial charge in [-0.2, -0.15) is 0 Å². The Morgan fingerprint density at radius 3 is 2.69 bits per heavy atom. The smallest absolute Gasteiger partial charge is 0.142 e. The third kappa shape index (κ3) is 1.91. The van der Waals surface area contributed by atoms with E-state index in [1.54, 1.807) is 6.20 Å². The highest BCUT2D eigenvalue weighted by Crippen LogP contribution is 2.19. The van der Waals surface area contributed by atoms with E-state index in [4.69, 9.17) is 11.1 Å². The number of aryl methyl sites for hydroxylation is 1. The molecule has 0 unspecified atom stereocenters. The van der Waals surface area contributed by atoms with E-state index in [2.05, 4.69) is 9.97 Å². The van der Waals surface area contributed by atoms with E-state index in [1.165, 1.54) is 0 Å². The molecule has 0 aliphatic heterocycles. The molecule has 0 aromatic carbocycles. The second-order valence-corrected chi connectivity index (χ2v) is 3.48. The highest BCUT2D eigenvalue weighted by atomic mass is 14.8. The molecular weight excluding hydrogens is 200 g/mol. The minimum absolute atomic E-state index is 0.0376. The zero-order valence-corrected chi connectivity index (χ0v) is 8.94. The lowest BCUT2D eigenvalue weighted by Gasteiger charge is -2.07. The van der Waals surface area contributed by atoms with Crippen LogP contribution in [0, 0.1) is 12.3 Å². The summed E-state index contributed by atoms with van der Waals surface area (Å²) in [4.78, 5) is 8.49. The number of nitrogen functional groups attached to an aromatic ring is 1. The van der Waals surface area contributed by atoms with Crippen molar-refractivity contribution in [2.75, 3.05) is 0 Å². The minimum Gasteiger partial charge on any atom is -0.382 e. The summed E-state index contributed by atoms with van der Waals surface area (Å²) in [7, 11) is 0. The van der Waals surface area contributed by atoms with Crippen molar-refractivity contribution in [2.45, 2.75) is 6.92 Å². The molecule has 0 saturated carbocycles. The van der Waals surface area contributed by atoms with Gasteiger partial charge in [0.2, 0.25) is 0 Å². The van der Waals surface area contributed by atoms with Gasteiger partial charge in [-0.25, -0.2) is 4.98 Å². The zero-order valence-electron chi connectivity index (χ0n) is 8.94. The average molecular weight is 212 g/mol. The number of nitrogens with zero attached hydrogens (tertiary/aromatic N) is 2. The first kappa shape index (κ1) is 10.3. The van der Waals surface area contributed by atoms with Gasteiger partial charge in [-0.15, -0.1) is 0 Å². The summed E-state index contributed by atoms with van der Waals surface area (Å²) in [6.07, 6.45) is 1.71. The molecule has 0 atom stereocenters. The summed E-state index contributed by atoms with van der Waals surface area (Å²) in [6.45, 7) is 1.87. The summed E-state index contributed by atoms with van der Waals surface area (Å²) in [6, 6.07) is 9.39. The first-order chi connectivity index (χ1) is 7.68. The van der Waals surface area contributed by atoms with E-state index >= 15 is 0 Å². The zero-order chi connectivity index (χ0) is 11.5. The number of rotatable bonds is 2. The van der Waals surface area contributed by atoms with Crippen molar-refractivity contribution in [1.82, 2.24) is 9.97 Å². The fourth-order valence-electron chi connectivity index (χ4n) is 1.49. The van der Waals surface area contributed by atoms with E-state index in [0.29, 0.717) is 5.69 Å². The molecule has 2 aromatic heterocycles. The van der Waals surface area contributed by atoms with Crippen LogP contribution in [0.1, 0.15) is 11.4 Å². The molecule has 0 radical (unpaired) electrons. The van der Waals surface area contributed by atoms with Gasteiger partial charge in [-0.1, -0.05) is 6.07 Å². The van der Waals surface area contributed by atoms with Gasteiger partial charge in [0.05, 0.1) is 5.69 Å². The fourth-order valence-corrected chi connectivity index (χ4v) is 1.49. The number of amidine groups is 1. The van der Waals surface area contributed by atoms with Crippen molar-refractivity contribution in [1.29, 1.82) is 5.41 Å². The van der Waals surface area contributed by atoms with Crippen molar-refractivity contribution < 1.29 is 0 Å². The third-order valence-corrected chi connectivity index (χ3v) is 2.23. The molecule has 16 heavy (non-hydrogen) atoms. The van der Waals surface area contributed by atoms with Crippen LogP contribution in [0.25, 0.3) is 11.3 Å². The van der Waals surface area contributed by atoms with Gasteiger partial charge >= 0.3 is 0 Å². The van der Waals surface area contributed by atoms with Crippen LogP contribution < -0.4 is 5.73 Å². The second kappa shape index (κ2) is 4.10. The van der Waals surface area contributed by atoms with Gasteiger partial charge in [0.25, 0.3) is 0 Å². The lowest BCUT2D eigenvalue weighted by Crippen LogP contribution is -2.15. The predicted molar refractivity (Wildman–Crippen MR) is 63.2 cm³/mol. The van der Waals surface area contributed by atoms with Gasteiger partial charge in [-0.3, -0.25) is 10.4 Å². The predicted octanol–water partition coefficient (Wildman–Crippen LogP) is 1.74. The molecule has 4 nitrogen and oxygen atoms in total. The van der Waals surface area contributed by atoms with Gasteiger partial charge in [-0.05, 0) is 31.2 Å². The highest BCUT2D eigenvalue weighted by Gasteiger charge is 2.09. The van der Waals surface area contributed by atoms with E-state index in [1.807, 2.05) is 37.3 Å². The molecule has 3 N–H and O–H groups in total. The van der Waals surface area contributed by atoms with Gasteiger partial charge in [0.15, 0.2) is 0 Å². The van der Waals surface area contributed by atoms with Gasteiger partial charge < -0.3 is 5.73 Å². The molecule has 0 spiro atoms. The molecule has 2 heterocycles. The molecule has 0 aliphatic rings. The molecule has 0 bridgehead atoms. The molecule has 4 heteroatoms. The Kier molecular flexibility index (Phi) is 2.64. The maximum absolute atomic E-state index is 7.51. The van der Waals surface area contributed by atoms with Crippen LogP contribution >= 0.6 is 0 Å². The van der Waals surface area contributed by atoms with Crippen molar-refractivity contribution in [3.05, 3.63) is 47.9 Å². The second-order valence-electron chi connectivity index (χ2n) is 3.48. The van der Waals surface area contributed by atoms with Crippen LogP contribution in [0.2, 0.25) is 0 Å². The van der Waals surface area contributed by atoms with Gasteiger partial charge in [0.1, 0.15) is 11.5 Å². The van der Waals surface area contributed by atoms with Crippen molar-refractivity contribution in [3.63, 3.8) is 0 Å². The van der Waals surface area contributed by atoms with Crippen LogP contribution in [0.5, 0.6) is 0 Å². The van der Waals surface area contributed by atoms with Crippen LogP contribution in [0.15, 0.2) is 36.5 Å². The molecule has 0 saturated heterocycles. The molecule has 0 amide bonds. The Bertz CT molecular complexity index is 520. The number of aromatic nitrogens is 2. The Labute approximate surface area is 93.7 Å². The summed E-state index contributed by atoms with van der Waals surface area (Å²) in [5.41, 5.74) is 8.40. The van der Waals surface area contributed by atoms with Crippen molar-refractivity contribution in [2.24, 2.45) is 5.73 Å². The summed E-state index contributed by atoms with van der Waals surface area (Å²) in [5.74, 6) is -0.0376. The SMILES string of the molecule is Cc1ccc(-c2ccccn2)c(C(=N)N)n1. The van der Waals surface area contributed by atoms with E-state index in [-0.39, 0.29) is 5.84 Å². The Morgan fingerprint density at radius 1 is 1.25 bits per heavy atom. The molecular formula is C12H12N4. The van der Waals surface area contributed by atoms with E-state index < -0.39 is 0 Å². The van der Waals surface area contributed by atoms with Crippen LogP contribution in [-0.4, -0.2) is 15.8 Å². The van der Waals surface area contributed by atoms with Crippen molar-refractivity contribution in [3.8, 4) is 11.3 Å². The first-order valence-corrected chi connectivity index (χ1v) is 4.92. The Hall–Kier alpha value is -2.23. The van der Waals surface area contributed by atoms with E-state index in [0.717, 1.165) is 17.0 Å². The molecule has 2 rings (SSSR count). The Morgan fingerprint density at radius 2 is 2.06 bits per heavy atom. The quantitative estimate of drug-likeness (QED) is 0.588.